The van der Waals surface area contributed by atoms with Gasteiger partial charge in [-0.05, 0) is 25.1 Å². The van der Waals surface area contributed by atoms with Gasteiger partial charge in [0.25, 0.3) is 0 Å². The molecule has 1 heterocycles. The summed E-state index contributed by atoms with van der Waals surface area (Å²) in [6.07, 6.45) is 1.81. The van der Waals surface area contributed by atoms with Gasteiger partial charge in [-0.1, -0.05) is 12.1 Å². The van der Waals surface area contributed by atoms with E-state index < -0.39 is 10.0 Å². The first-order chi connectivity index (χ1) is 9.95. The minimum Gasteiger partial charge on any atom is -0.330 e. The Morgan fingerprint density at radius 3 is 2.48 bits per heavy atom. The second-order valence-corrected chi connectivity index (χ2v) is 7.93. The molecular formula is C14H19N3O2S2. The summed E-state index contributed by atoms with van der Waals surface area (Å²) in [7, 11) is -0.339. The van der Waals surface area contributed by atoms with Gasteiger partial charge in [-0.15, -0.1) is 11.3 Å². The molecule has 0 aliphatic rings. The van der Waals surface area contributed by atoms with E-state index in [-0.39, 0.29) is 4.90 Å². The molecule has 5 nitrogen and oxygen atoms in total. The Morgan fingerprint density at radius 1 is 1.24 bits per heavy atom. The van der Waals surface area contributed by atoms with Crippen molar-refractivity contribution in [3.05, 3.63) is 34.7 Å². The predicted octanol–water partition coefficient (Wildman–Crippen LogP) is 1.95. The molecule has 0 spiro atoms. The number of nitrogens with two attached hydrogens (primary N) is 1. The third-order valence-electron chi connectivity index (χ3n) is 3.08. The number of benzene rings is 1. The van der Waals surface area contributed by atoms with E-state index in [0.717, 1.165) is 29.1 Å². The maximum atomic E-state index is 12.0. The number of rotatable bonds is 6. The molecule has 1 aromatic heterocycles. The molecule has 0 radical (unpaired) electrons. The zero-order valence-electron chi connectivity index (χ0n) is 12.1. The number of hydrogen-bond acceptors (Lipinski definition) is 5. The van der Waals surface area contributed by atoms with Gasteiger partial charge in [0, 0.05) is 31.5 Å². The highest BCUT2D eigenvalue weighted by molar-refractivity contribution is 7.89. The molecule has 1 aromatic carbocycles. The highest BCUT2D eigenvalue weighted by Crippen LogP contribution is 2.24. The smallest absolute Gasteiger partial charge is 0.242 e. The van der Waals surface area contributed by atoms with Crippen molar-refractivity contribution in [3.63, 3.8) is 0 Å². The van der Waals surface area contributed by atoms with Gasteiger partial charge in [-0.2, -0.15) is 0 Å². The maximum absolute atomic E-state index is 12.0. The summed E-state index contributed by atoms with van der Waals surface area (Å²) in [6.45, 7) is 0.659. The quantitative estimate of drug-likeness (QED) is 0.881. The van der Waals surface area contributed by atoms with Crippen LogP contribution in [0.1, 0.15) is 11.4 Å². The van der Waals surface area contributed by atoms with E-state index in [0.29, 0.717) is 6.54 Å². The molecule has 0 fully saturated rings. The Morgan fingerprint density at radius 2 is 1.90 bits per heavy atom. The Bertz CT molecular complexity index is 691. The van der Waals surface area contributed by atoms with Crippen molar-refractivity contribution in [1.29, 1.82) is 0 Å². The second-order valence-electron chi connectivity index (χ2n) is 4.83. The number of hydrogen-bond donors (Lipinski definition) is 1. The molecular weight excluding hydrogens is 306 g/mol. The monoisotopic (exact) mass is 325 g/mol. The van der Waals surface area contributed by atoms with Crippen LogP contribution in [0.15, 0.2) is 34.5 Å². The van der Waals surface area contributed by atoms with Crippen LogP contribution in [0.25, 0.3) is 11.3 Å². The Labute approximate surface area is 129 Å². The fourth-order valence-electron chi connectivity index (χ4n) is 1.82. The van der Waals surface area contributed by atoms with Gasteiger partial charge in [0.1, 0.15) is 0 Å². The van der Waals surface area contributed by atoms with Crippen molar-refractivity contribution in [1.82, 2.24) is 9.29 Å². The predicted molar refractivity (Wildman–Crippen MR) is 85.8 cm³/mol. The van der Waals surface area contributed by atoms with Crippen LogP contribution >= 0.6 is 11.3 Å². The van der Waals surface area contributed by atoms with Crippen LogP contribution in [0.4, 0.5) is 0 Å². The van der Waals surface area contributed by atoms with Crippen molar-refractivity contribution in [2.45, 2.75) is 17.7 Å². The molecule has 21 heavy (non-hydrogen) atoms. The average Bonchev–Trinajstić information content (AvgIpc) is 2.94. The molecule has 0 aliphatic carbocycles. The first kappa shape index (κ1) is 16.1. The molecule has 7 heteroatoms. The lowest BCUT2D eigenvalue weighted by Gasteiger charge is -2.11. The van der Waals surface area contributed by atoms with Crippen LogP contribution in [0.2, 0.25) is 0 Å². The molecule has 0 saturated carbocycles. The molecule has 114 valence electrons. The summed E-state index contributed by atoms with van der Waals surface area (Å²) in [5, 5.41) is 3.04. The lowest BCUT2D eigenvalue weighted by molar-refractivity contribution is 0.521. The van der Waals surface area contributed by atoms with Gasteiger partial charge >= 0.3 is 0 Å². The SMILES string of the molecule is CN(C)S(=O)(=O)c1ccc(-c2csc(CCCN)n2)cc1. The van der Waals surface area contributed by atoms with Crippen molar-refractivity contribution < 1.29 is 8.42 Å². The first-order valence-corrected chi connectivity index (χ1v) is 8.94. The second kappa shape index (κ2) is 6.65. The van der Waals surface area contributed by atoms with Crippen LogP contribution in [0.5, 0.6) is 0 Å². The number of sulfonamides is 1. The zero-order valence-corrected chi connectivity index (χ0v) is 13.7. The Balaban J connectivity index is 2.21. The highest BCUT2D eigenvalue weighted by Gasteiger charge is 2.17. The van der Waals surface area contributed by atoms with Crippen molar-refractivity contribution in [2.24, 2.45) is 5.73 Å². The van der Waals surface area contributed by atoms with Crippen LogP contribution in [-0.2, 0) is 16.4 Å². The molecule has 2 aromatic rings. The number of thiazole rings is 1. The summed E-state index contributed by atoms with van der Waals surface area (Å²) < 4.78 is 25.2. The molecule has 2 rings (SSSR count). The Hall–Kier alpha value is -1.28. The fraction of sp³-hybridized carbons (Fsp3) is 0.357. The van der Waals surface area contributed by atoms with Gasteiger partial charge in [0.2, 0.25) is 10.0 Å². The molecule has 2 N–H and O–H groups in total. The van der Waals surface area contributed by atoms with E-state index in [4.69, 9.17) is 5.73 Å². The minimum absolute atomic E-state index is 0.287. The third-order valence-corrected chi connectivity index (χ3v) is 5.81. The van der Waals surface area contributed by atoms with E-state index in [2.05, 4.69) is 4.98 Å². The maximum Gasteiger partial charge on any atom is 0.242 e. The van der Waals surface area contributed by atoms with Crippen LogP contribution in [0, 0.1) is 0 Å². The zero-order chi connectivity index (χ0) is 15.5. The minimum atomic E-state index is -3.38. The van der Waals surface area contributed by atoms with Gasteiger partial charge < -0.3 is 5.73 Å². The van der Waals surface area contributed by atoms with Crippen molar-refractivity contribution >= 4 is 21.4 Å². The molecule has 0 aliphatic heterocycles. The third kappa shape index (κ3) is 3.68. The molecule has 0 unspecified atom stereocenters. The topological polar surface area (TPSA) is 76.3 Å². The highest BCUT2D eigenvalue weighted by atomic mass is 32.2. The van der Waals surface area contributed by atoms with Gasteiger partial charge in [-0.3, -0.25) is 0 Å². The van der Waals surface area contributed by atoms with Gasteiger partial charge in [-0.25, -0.2) is 17.7 Å². The largest absolute Gasteiger partial charge is 0.330 e. The number of aromatic nitrogens is 1. The molecule has 0 amide bonds. The summed E-state index contributed by atoms with van der Waals surface area (Å²) in [6, 6.07) is 6.81. The van der Waals surface area contributed by atoms with Gasteiger partial charge in [0.05, 0.1) is 15.6 Å². The molecule has 0 bridgehead atoms. The standard InChI is InChI=1S/C14H19N3O2S2/c1-17(2)21(18,19)12-7-5-11(6-8-12)13-10-20-14(16-13)4-3-9-15/h5-8,10H,3-4,9,15H2,1-2H3. The number of nitrogens with zero attached hydrogens (tertiary/aromatic N) is 2. The number of aryl methyl sites for hydroxylation is 1. The van der Waals surface area contributed by atoms with Crippen molar-refractivity contribution in [2.75, 3.05) is 20.6 Å². The molecule has 0 atom stereocenters. The lowest BCUT2D eigenvalue weighted by Crippen LogP contribution is -2.22. The lowest BCUT2D eigenvalue weighted by atomic mass is 10.2. The van der Waals surface area contributed by atoms with Crippen molar-refractivity contribution in [3.8, 4) is 11.3 Å². The van der Waals surface area contributed by atoms with Gasteiger partial charge in [0.15, 0.2) is 0 Å². The summed E-state index contributed by atoms with van der Waals surface area (Å²) >= 11 is 1.61. The van der Waals surface area contributed by atoms with Crippen LogP contribution in [-0.4, -0.2) is 38.3 Å². The van der Waals surface area contributed by atoms with E-state index in [1.54, 1.807) is 35.6 Å². The van der Waals surface area contributed by atoms with Crippen LogP contribution < -0.4 is 5.73 Å². The first-order valence-electron chi connectivity index (χ1n) is 6.62. The van der Waals surface area contributed by atoms with Crippen LogP contribution in [0.3, 0.4) is 0 Å². The van der Waals surface area contributed by atoms with E-state index in [1.165, 1.54) is 18.4 Å². The summed E-state index contributed by atoms with van der Waals surface area (Å²) in [4.78, 5) is 4.83. The van der Waals surface area contributed by atoms with E-state index in [9.17, 15) is 8.42 Å². The summed E-state index contributed by atoms with van der Waals surface area (Å²) in [5.74, 6) is 0. The fourth-order valence-corrected chi connectivity index (χ4v) is 3.57. The van der Waals surface area contributed by atoms with E-state index >= 15 is 0 Å². The summed E-state index contributed by atoms with van der Waals surface area (Å²) in [5.41, 5.74) is 7.29. The van der Waals surface area contributed by atoms with E-state index in [1.807, 2.05) is 5.38 Å². The molecule has 0 saturated heterocycles. The normalized spacial score (nSPS) is 12.0. The Kier molecular flexibility index (Phi) is 5.10. The average molecular weight is 325 g/mol.